The van der Waals surface area contributed by atoms with Crippen molar-refractivity contribution >= 4 is 33.8 Å². The summed E-state index contributed by atoms with van der Waals surface area (Å²) in [5, 5.41) is 0. The first kappa shape index (κ1) is 14.7. The van der Waals surface area contributed by atoms with Gasteiger partial charge in [-0.05, 0) is 0 Å². The molecule has 17 heavy (non-hydrogen) atoms. The SMILES string of the molecule is O=C=NCC(N=C=O)[SiH2]C(CN=C=O)N=C=O. The third-order valence-electron chi connectivity index (χ3n) is 1.75. The lowest BCUT2D eigenvalue weighted by Gasteiger charge is -2.09. The van der Waals surface area contributed by atoms with E-state index in [1.807, 2.05) is 0 Å². The maximum Gasteiger partial charge on any atom is 0.235 e. The fraction of sp³-hybridized carbons (Fsp3) is 0.500. The van der Waals surface area contributed by atoms with E-state index in [4.69, 9.17) is 0 Å². The van der Waals surface area contributed by atoms with Crippen LogP contribution in [0.25, 0.3) is 0 Å². The molecule has 0 bridgehead atoms. The van der Waals surface area contributed by atoms with E-state index in [1.54, 1.807) is 0 Å². The van der Waals surface area contributed by atoms with Crippen LogP contribution in [0.2, 0.25) is 0 Å². The molecule has 0 fully saturated rings. The molecule has 0 aliphatic heterocycles. The summed E-state index contributed by atoms with van der Waals surface area (Å²) in [6.45, 7) is -0.0265. The van der Waals surface area contributed by atoms with Crippen LogP contribution in [0.4, 0.5) is 0 Å². The second-order valence-electron chi connectivity index (χ2n) is 2.85. The van der Waals surface area contributed by atoms with Gasteiger partial charge in [-0.3, -0.25) is 0 Å². The van der Waals surface area contributed by atoms with Gasteiger partial charge in [-0.15, -0.1) is 0 Å². The quantitative estimate of drug-likeness (QED) is 0.286. The van der Waals surface area contributed by atoms with Crippen LogP contribution in [0.15, 0.2) is 20.0 Å². The van der Waals surface area contributed by atoms with Crippen LogP contribution >= 0.6 is 0 Å². The molecule has 0 rings (SSSR count). The minimum atomic E-state index is -1.23. The predicted molar refractivity (Wildman–Crippen MR) is 58.3 cm³/mol. The Labute approximate surface area is 98.1 Å². The maximum atomic E-state index is 10.1. The van der Waals surface area contributed by atoms with Crippen molar-refractivity contribution in [1.29, 1.82) is 0 Å². The van der Waals surface area contributed by atoms with Crippen molar-refractivity contribution < 1.29 is 19.2 Å². The molecular formula is C8H8N4O4Si. The van der Waals surface area contributed by atoms with Crippen molar-refractivity contribution in [1.82, 2.24) is 0 Å². The van der Waals surface area contributed by atoms with E-state index in [-0.39, 0.29) is 13.1 Å². The molecule has 0 N–H and O–H groups in total. The highest BCUT2D eigenvalue weighted by Gasteiger charge is 2.16. The van der Waals surface area contributed by atoms with Crippen molar-refractivity contribution in [2.75, 3.05) is 13.1 Å². The summed E-state index contributed by atoms with van der Waals surface area (Å²) in [6, 6.07) is 0. The van der Waals surface area contributed by atoms with Crippen molar-refractivity contribution in [3.63, 3.8) is 0 Å². The van der Waals surface area contributed by atoms with Gasteiger partial charge in [-0.2, -0.15) is 0 Å². The van der Waals surface area contributed by atoms with E-state index in [1.165, 1.54) is 24.3 Å². The smallest absolute Gasteiger partial charge is 0.211 e. The zero-order valence-electron chi connectivity index (χ0n) is 8.70. The lowest BCUT2D eigenvalue weighted by atomic mass is 10.6. The summed E-state index contributed by atoms with van der Waals surface area (Å²) in [4.78, 5) is 53.6. The first-order chi connectivity index (χ1) is 8.28. The molecule has 0 amide bonds. The van der Waals surface area contributed by atoms with Gasteiger partial charge >= 0.3 is 0 Å². The van der Waals surface area contributed by atoms with Gasteiger partial charge in [-0.1, -0.05) is 0 Å². The van der Waals surface area contributed by atoms with Crippen LogP contribution in [-0.2, 0) is 19.2 Å². The second kappa shape index (κ2) is 10.3. The lowest BCUT2D eigenvalue weighted by molar-refractivity contribution is 0.556. The molecule has 2 atom stereocenters. The lowest BCUT2D eigenvalue weighted by Crippen LogP contribution is -2.30. The highest BCUT2D eigenvalue weighted by Crippen LogP contribution is 1.97. The molecule has 0 aromatic carbocycles. The third kappa shape index (κ3) is 7.64. The summed E-state index contributed by atoms with van der Waals surface area (Å²) in [6.07, 6.45) is 5.34. The number of hydrogen-bond acceptors (Lipinski definition) is 8. The molecule has 0 saturated heterocycles. The highest BCUT2D eigenvalue weighted by atomic mass is 28.2. The van der Waals surface area contributed by atoms with E-state index in [0.717, 1.165) is 0 Å². The van der Waals surface area contributed by atoms with Gasteiger partial charge < -0.3 is 0 Å². The van der Waals surface area contributed by atoms with Crippen molar-refractivity contribution in [2.24, 2.45) is 20.0 Å². The summed E-state index contributed by atoms with van der Waals surface area (Å²) >= 11 is 0. The summed E-state index contributed by atoms with van der Waals surface area (Å²) < 4.78 is 0. The van der Waals surface area contributed by atoms with Crippen molar-refractivity contribution in [3.8, 4) is 0 Å². The minimum Gasteiger partial charge on any atom is -0.211 e. The van der Waals surface area contributed by atoms with Gasteiger partial charge in [0, 0.05) is 0 Å². The minimum absolute atomic E-state index is 0.0133. The Kier molecular flexibility index (Phi) is 8.90. The monoisotopic (exact) mass is 252 g/mol. The molecule has 0 heterocycles. The first-order valence-electron chi connectivity index (χ1n) is 4.49. The zero-order chi connectivity index (χ0) is 12.9. The van der Waals surface area contributed by atoms with Gasteiger partial charge in [0.2, 0.25) is 24.3 Å². The van der Waals surface area contributed by atoms with Gasteiger partial charge in [0.15, 0.2) is 0 Å². The van der Waals surface area contributed by atoms with Crippen LogP contribution in [0.5, 0.6) is 0 Å². The molecule has 2 unspecified atom stereocenters. The topological polar surface area (TPSA) is 118 Å². The van der Waals surface area contributed by atoms with E-state index >= 15 is 0 Å². The average molecular weight is 252 g/mol. The Morgan fingerprint density at radius 3 is 1.47 bits per heavy atom. The van der Waals surface area contributed by atoms with Gasteiger partial charge in [-0.25, -0.2) is 39.1 Å². The average Bonchev–Trinajstić information content (AvgIpc) is 2.33. The van der Waals surface area contributed by atoms with Gasteiger partial charge in [0.25, 0.3) is 0 Å². The Hall–Kier alpha value is -2.26. The second-order valence-corrected chi connectivity index (χ2v) is 5.20. The Bertz CT molecular complexity index is 389. The molecule has 0 radical (unpaired) electrons. The maximum absolute atomic E-state index is 10.1. The highest BCUT2D eigenvalue weighted by molar-refractivity contribution is 6.40. The van der Waals surface area contributed by atoms with E-state index in [2.05, 4.69) is 20.0 Å². The van der Waals surface area contributed by atoms with Crippen LogP contribution in [0.3, 0.4) is 0 Å². The van der Waals surface area contributed by atoms with Gasteiger partial charge in [0.1, 0.15) is 0 Å². The molecule has 88 valence electrons. The molecule has 0 aliphatic carbocycles. The largest absolute Gasteiger partial charge is 0.235 e. The molecule has 0 aromatic rings. The molecule has 0 spiro atoms. The Morgan fingerprint density at radius 2 is 1.18 bits per heavy atom. The number of nitrogens with zero attached hydrogens (tertiary/aromatic N) is 4. The zero-order valence-corrected chi connectivity index (χ0v) is 10.1. The summed E-state index contributed by atoms with van der Waals surface area (Å²) in [7, 11) is -1.23. The Morgan fingerprint density at radius 1 is 0.765 bits per heavy atom. The molecular weight excluding hydrogens is 244 g/mol. The Balaban J connectivity index is 4.63. The molecule has 0 aromatic heterocycles. The summed E-state index contributed by atoms with van der Waals surface area (Å²) in [5.74, 6) is 0. The number of aliphatic imine (C=N–C) groups is 4. The fourth-order valence-electron chi connectivity index (χ4n) is 1.08. The van der Waals surface area contributed by atoms with E-state index in [0.29, 0.717) is 0 Å². The molecule has 0 aliphatic rings. The van der Waals surface area contributed by atoms with E-state index in [9.17, 15) is 19.2 Å². The van der Waals surface area contributed by atoms with Gasteiger partial charge in [0.05, 0.1) is 33.9 Å². The van der Waals surface area contributed by atoms with E-state index < -0.39 is 20.8 Å². The predicted octanol–water partition coefficient (Wildman–Crippen LogP) is -1.85. The van der Waals surface area contributed by atoms with Crippen LogP contribution in [0, 0.1) is 0 Å². The number of hydrogen-bond donors (Lipinski definition) is 0. The van der Waals surface area contributed by atoms with Crippen molar-refractivity contribution in [2.45, 2.75) is 11.3 Å². The first-order valence-corrected chi connectivity index (χ1v) is 6.13. The van der Waals surface area contributed by atoms with Crippen molar-refractivity contribution in [3.05, 3.63) is 0 Å². The summed E-state index contributed by atoms with van der Waals surface area (Å²) in [5.41, 5.74) is -1.06. The fourth-order valence-corrected chi connectivity index (χ4v) is 2.63. The number of rotatable bonds is 8. The normalized spacial score (nSPS) is 12.5. The standard InChI is InChI=1S/C8H8N4O4Si/c13-3-9-1-7(11-5-15)17-8(12-6-16)2-10-4-14/h7-8H,1-2,17H2. The molecule has 9 heteroatoms. The molecule has 8 nitrogen and oxygen atoms in total. The van der Waals surface area contributed by atoms with Crippen LogP contribution in [0.1, 0.15) is 0 Å². The number of carbonyl (C=O) groups excluding carboxylic acids is 4. The van der Waals surface area contributed by atoms with Crippen LogP contribution < -0.4 is 0 Å². The third-order valence-corrected chi connectivity index (χ3v) is 3.72. The van der Waals surface area contributed by atoms with Crippen LogP contribution in [-0.4, -0.2) is 58.3 Å². The molecule has 0 saturated carbocycles. The number of isocyanates is 4.